The molecular formula is C28H34N2O5. The molecule has 2 aliphatic rings. The molecule has 0 aromatic heterocycles. The minimum absolute atomic E-state index is 0.0358. The summed E-state index contributed by atoms with van der Waals surface area (Å²) in [5, 5.41) is 12.4. The van der Waals surface area contributed by atoms with Gasteiger partial charge in [0, 0.05) is 24.9 Å². The fraction of sp³-hybridized carbons (Fsp3) is 0.464. The van der Waals surface area contributed by atoms with Gasteiger partial charge in [0.25, 0.3) is 0 Å². The van der Waals surface area contributed by atoms with E-state index < -0.39 is 24.1 Å². The molecule has 2 aromatic carbocycles. The maximum Gasteiger partial charge on any atom is 0.407 e. The van der Waals surface area contributed by atoms with Crippen LogP contribution in [-0.2, 0) is 14.3 Å². The summed E-state index contributed by atoms with van der Waals surface area (Å²) in [5.41, 5.74) is 4.61. The van der Waals surface area contributed by atoms with E-state index in [4.69, 9.17) is 4.74 Å². The molecule has 1 aliphatic carbocycles. The van der Waals surface area contributed by atoms with Gasteiger partial charge in [0.05, 0.1) is 0 Å². The van der Waals surface area contributed by atoms with Crippen LogP contribution in [0.4, 0.5) is 4.79 Å². The zero-order valence-electron chi connectivity index (χ0n) is 20.4. The molecule has 1 fully saturated rings. The van der Waals surface area contributed by atoms with Crippen molar-refractivity contribution in [3.63, 3.8) is 0 Å². The van der Waals surface area contributed by atoms with E-state index in [9.17, 15) is 19.5 Å². The Morgan fingerprint density at radius 3 is 2.31 bits per heavy atom. The molecule has 2 amide bonds. The Morgan fingerprint density at radius 2 is 1.71 bits per heavy atom. The van der Waals surface area contributed by atoms with Gasteiger partial charge in [-0.1, -0.05) is 75.2 Å². The van der Waals surface area contributed by atoms with Crippen LogP contribution in [0.3, 0.4) is 0 Å². The SMILES string of the molecule is CCCC[C@@H](CC(=O)N1CCC(C)C1C(=O)O)NC(=O)OCC1c2ccccc2-c2ccccc21. The largest absolute Gasteiger partial charge is 0.480 e. The number of hydrogen-bond acceptors (Lipinski definition) is 4. The molecule has 4 rings (SSSR count). The Hall–Kier alpha value is -3.35. The highest BCUT2D eigenvalue weighted by Gasteiger charge is 2.40. The summed E-state index contributed by atoms with van der Waals surface area (Å²) in [6.07, 6.45) is 2.59. The second-order valence-electron chi connectivity index (χ2n) is 9.65. The molecule has 7 nitrogen and oxygen atoms in total. The lowest BCUT2D eigenvalue weighted by Crippen LogP contribution is -2.46. The molecule has 1 saturated heterocycles. The maximum absolute atomic E-state index is 13.0. The molecule has 0 bridgehead atoms. The average molecular weight is 479 g/mol. The van der Waals surface area contributed by atoms with E-state index in [0.29, 0.717) is 19.4 Å². The molecule has 35 heavy (non-hydrogen) atoms. The summed E-state index contributed by atoms with van der Waals surface area (Å²) in [6.45, 7) is 4.55. The summed E-state index contributed by atoms with van der Waals surface area (Å²) in [6, 6.07) is 15.1. The molecule has 2 unspecified atom stereocenters. The third-order valence-electron chi connectivity index (χ3n) is 7.27. The summed E-state index contributed by atoms with van der Waals surface area (Å²) in [4.78, 5) is 38.9. The van der Waals surface area contributed by atoms with Crippen molar-refractivity contribution in [2.45, 2.75) is 64.0 Å². The number of carbonyl (C=O) groups excluding carboxylic acids is 2. The van der Waals surface area contributed by atoms with Gasteiger partial charge in [0.15, 0.2) is 0 Å². The normalized spacial score (nSPS) is 19.7. The lowest BCUT2D eigenvalue weighted by atomic mass is 9.98. The molecule has 7 heteroatoms. The van der Waals surface area contributed by atoms with Gasteiger partial charge in [0.1, 0.15) is 12.6 Å². The quantitative estimate of drug-likeness (QED) is 0.540. The van der Waals surface area contributed by atoms with E-state index in [1.54, 1.807) is 0 Å². The predicted octanol–water partition coefficient (Wildman–Crippen LogP) is 4.80. The lowest BCUT2D eigenvalue weighted by molar-refractivity contribution is -0.149. The number of fused-ring (bicyclic) bond motifs is 3. The van der Waals surface area contributed by atoms with Crippen LogP contribution in [0.1, 0.15) is 63.0 Å². The van der Waals surface area contributed by atoms with Crippen molar-refractivity contribution >= 4 is 18.0 Å². The van der Waals surface area contributed by atoms with Crippen LogP contribution < -0.4 is 5.32 Å². The van der Waals surface area contributed by atoms with Crippen molar-refractivity contribution in [1.82, 2.24) is 10.2 Å². The smallest absolute Gasteiger partial charge is 0.407 e. The molecule has 186 valence electrons. The number of unbranched alkanes of at least 4 members (excludes halogenated alkanes) is 1. The maximum atomic E-state index is 13.0. The second-order valence-corrected chi connectivity index (χ2v) is 9.65. The summed E-state index contributed by atoms with van der Waals surface area (Å²) in [5.74, 6) is -1.33. The number of nitrogens with zero attached hydrogens (tertiary/aromatic N) is 1. The minimum atomic E-state index is -0.974. The number of carbonyl (C=O) groups is 3. The Balaban J connectivity index is 1.39. The van der Waals surface area contributed by atoms with E-state index in [0.717, 1.165) is 35.1 Å². The minimum Gasteiger partial charge on any atom is -0.480 e. The molecule has 2 aromatic rings. The van der Waals surface area contributed by atoms with Crippen molar-refractivity contribution in [3.8, 4) is 11.1 Å². The van der Waals surface area contributed by atoms with E-state index >= 15 is 0 Å². The highest BCUT2D eigenvalue weighted by atomic mass is 16.5. The van der Waals surface area contributed by atoms with Gasteiger partial charge in [-0.3, -0.25) is 4.79 Å². The van der Waals surface area contributed by atoms with Crippen molar-refractivity contribution in [1.29, 1.82) is 0 Å². The Morgan fingerprint density at radius 1 is 1.09 bits per heavy atom. The standard InChI is InChI=1S/C28H34N2O5/c1-3-4-9-19(16-25(31)30-15-14-18(2)26(30)27(32)33)29-28(34)35-17-24-22-12-7-5-10-20(22)21-11-6-8-13-23(21)24/h5-8,10-13,18-19,24,26H,3-4,9,14-17H2,1-2H3,(H,29,34)(H,32,33)/t18?,19-,26?/m0/s1. The molecule has 0 spiro atoms. The Labute approximate surface area is 206 Å². The van der Waals surface area contributed by atoms with Gasteiger partial charge < -0.3 is 20.1 Å². The number of carboxylic acid groups (broad SMARTS) is 1. The van der Waals surface area contributed by atoms with Crippen LogP contribution >= 0.6 is 0 Å². The number of ether oxygens (including phenoxy) is 1. The first kappa shape index (κ1) is 24.8. The molecular weight excluding hydrogens is 444 g/mol. The zero-order chi connectivity index (χ0) is 24.9. The van der Waals surface area contributed by atoms with Crippen LogP contribution in [0.15, 0.2) is 48.5 Å². The third kappa shape index (κ3) is 5.34. The summed E-state index contributed by atoms with van der Waals surface area (Å²) in [7, 11) is 0. The van der Waals surface area contributed by atoms with Crippen molar-refractivity contribution in [2.75, 3.05) is 13.2 Å². The van der Waals surface area contributed by atoms with Crippen LogP contribution in [-0.4, -0.2) is 53.2 Å². The second kappa shape index (κ2) is 10.9. The molecule has 2 N–H and O–H groups in total. The molecule has 0 saturated carbocycles. The van der Waals surface area contributed by atoms with Gasteiger partial charge in [-0.05, 0) is 41.0 Å². The average Bonchev–Trinajstić information content (AvgIpc) is 3.39. The number of nitrogens with one attached hydrogen (secondary N) is 1. The first-order valence-corrected chi connectivity index (χ1v) is 12.5. The molecule has 3 atom stereocenters. The van der Waals surface area contributed by atoms with E-state index in [1.807, 2.05) is 31.2 Å². The van der Waals surface area contributed by atoms with Gasteiger partial charge >= 0.3 is 12.1 Å². The Kier molecular flexibility index (Phi) is 7.73. The fourth-order valence-electron chi connectivity index (χ4n) is 5.41. The molecule has 1 aliphatic heterocycles. The number of carboxylic acids is 1. The first-order valence-electron chi connectivity index (χ1n) is 12.5. The topological polar surface area (TPSA) is 95.9 Å². The predicted molar refractivity (Wildman–Crippen MR) is 133 cm³/mol. The number of benzene rings is 2. The molecule has 1 heterocycles. The highest BCUT2D eigenvalue weighted by Crippen LogP contribution is 2.44. The van der Waals surface area contributed by atoms with E-state index in [1.165, 1.54) is 4.90 Å². The van der Waals surface area contributed by atoms with Crippen LogP contribution in [0, 0.1) is 5.92 Å². The van der Waals surface area contributed by atoms with Gasteiger partial charge in [-0.2, -0.15) is 0 Å². The first-order chi connectivity index (χ1) is 16.9. The van der Waals surface area contributed by atoms with Crippen LogP contribution in [0.5, 0.6) is 0 Å². The number of amides is 2. The monoisotopic (exact) mass is 478 g/mol. The van der Waals surface area contributed by atoms with Gasteiger partial charge in [0.2, 0.25) is 5.91 Å². The molecule has 0 radical (unpaired) electrons. The van der Waals surface area contributed by atoms with E-state index in [-0.39, 0.29) is 30.8 Å². The highest BCUT2D eigenvalue weighted by molar-refractivity contribution is 5.85. The number of rotatable bonds is 9. The number of aliphatic carboxylic acids is 1. The van der Waals surface area contributed by atoms with Crippen LogP contribution in [0.2, 0.25) is 0 Å². The number of likely N-dealkylation sites (tertiary alicyclic amines) is 1. The number of alkyl carbamates (subject to hydrolysis) is 1. The fourth-order valence-corrected chi connectivity index (χ4v) is 5.41. The van der Waals surface area contributed by atoms with E-state index in [2.05, 4.69) is 36.5 Å². The summed E-state index contributed by atoms with van der Waals surface area (Å²) >= 11 is 0. The van der Waals surface area contributed by atoms with Gasteiger partial charge in [-0.25, -0.2) is 9.59 Å². The van der Waals surface area contributed by atoms with Crippen molar-refractivity contribution in [3.05, 3.63) is 59.7 Å². The third-order valence-corrected chi connectivity index (χ3v) is 7.27. The van der Waals surface area contributed by atoms with Crippen LogP contribution in [0.25, 0.3) is 11.1 Å². The van der Waals surface area contributed by atoms with Gasteiger partial charge in [-0.15, -0.1) is 0 Å². The lowest BCUT2D eigenvalue weighted by Gasteiger charge is -2.26. The Bertz CT molecular complexity index is 1040. The van der Waals surface area contributed by atoms with Crippen molar-refractivity contribution < 1.29 is 24.2 Å². The van der Waals surface area contributed by atoms with Crippen molar-refractivity contribution in [2.24, 2.45) is 5.92 Å². The number of hydrogen-bond donors (Lipinski definition) is 2. The zero-order valence-corrected chi connectivity index (χ0v) is 20.4. The summed E-state index contributed by atoms with van der Waals surface area (Å²) < 4.78 is 5.66.